The number of rotatable bonds is 4. The molecule has 0 unspecified atom stereocenters. The molecule has 0 saturated carbocycles. The summed E-state index contributed by atoms with van der Waals surface area (Å²) in [5.74, 6) is 0. The van der Waals surface area contributed by atoms with Crippen LogP contribution in [0.25, 0.3) is 0 Å². The van der Waals surface area contributed by atoms with Crippen molar-refractivity contribution in [1.82, 2.24) is 9.88 Å². The zero-order chi connectivity index (χ0) is 11.2. The lowest BCUT2D eigenvalue weighted by Gasteiger charge is -2.27. The number of nitrogens with zero attached hydrogens (tertiary/aromatic N) is 2. The molecule has 0 radical (unpaired) electrons. The van der Waals surface area contributed by atoms with Gasteiger partial charge in [0.25, 0.3) is 0 Å². The van der Waals surface area contributed by atoms with Crippen LogP contribution in [0.3, 0.4) is 0 Å². The number of aromatic nitrogens is 1. The van der Waals surface area contributed by atoms with Gasteiger partial charge < -0.3 is 0 Å². The van der Waals surface area contributed by atoms with Crippen molar-refractivity contribution >= 4 is 0 Å². The maximum absolute atomic E-state index is 4.04. The van der Waals surface area contributed by atoms with Crippen LogP contribution >= 0.6 is 0 Å². The summed E-state index contributed by atoms with van der Waals surface area (Å²) < 4.78 is 0. The van der Waals surface area contributed by atoms with Crippen LogP contribution in [0.15, 0.2) is 36.7 Å². The second-order valence-electron chi connectivity index (χ2n) is 4.51. The van der Waals surface area contributed by atoms with E-state index < -0.39 is 0 Å². The number of allylic oxidation sites excluding steroid dienone is 1. The average molecular weight is 216 g/mol. The molecule has 0 N–H and O–H groups in total. The summed E-state index contributed by atoms with van der Waals surface area (Å²) in [5, 5.41) is 0. The molecule has 1 heterocycles. The second kappa shape index (κ2) is 5.80. The molecule has 1 aromatic rings. The molecule has 0 aliphatic heterocycles. The minimum Gasteiger partial charge on any atom is -0.300 e. The Bertz CT molecular complexity index is 332. The van der Waals surface area contributed by atoms with Gasteiger partial charge in [-0.25, -0.2) is 0 Å². The highest BCUT2D eigenvalue weighted by atomic mass is 15.1. The molecule has 0 bridgehead atoms. The second-order valence-corrected chi connectivity index (χ2v) is 4.51. The number of hydrogen-bond donors (Lipinski definition) is 0. The van der Waals surface area contributed by atoms with Crippen LogP contribution < -0.4 is 0 Å². The highest BCUT2D eigenvalue weighted by molar-refractivity contribution is 5.10. The molecular weight excluding hydrogens is 196 g/mol. The summed E-state index contributed by atoms with van der Waals surface area (Å²) in [6, 6.07) is 4.85. The van der Waals surface area contributed by atoms with E-state index in [0.717, 1.165) is 13.0 Å². The highest BCUT2D eigenvalue weighted by Crippen LogP contribution is 2.15. The quantitative estimate of drug-likeness (QED) is 0.719. The summed E-state index contributed by atoms with van der Waals surface area (Å²) in [5.41, 5.74) is 1.38. The van der Waals surface area contributed by atoms with Crippen molar-refractivity contribution < 1.29 is 0 Å². The smallest absolute Gasteiger partial charge is 0.0275 e. The van der Waals surface area contributed by atoms with Crippen molar-refractivity contribution in [1.29, 1.82) is 0 Å². The van der Waals surface area contributed by atoms with Gasteiger partial charge in [-0.2, -0.15) is 0 Å². The van der Waals surface area contributed by atoms with Crippen molar-refractivity contribution in [3.63, 3.8) is 0 Å². The van der Waals surface area contributed by atoms with E-state index in [4.69, 9.17) is 0 Å². The van der Waals surface area contributed by atoms with Crippen LogP contribution in [0, 0.1) is 0 Å². The van der Waals surface area contributed by atoms with Gasteiger partial charge in [0.1, 0.15) is 0 Å². The topological polar surface area (TPSA) is 16.1 Å². The average Bonchev–Trinajstić information content (AvgIpc) is 2.38. The zero-order valence-electron chi connectivity index (χ0n) is 9.97. The number of likely N-dealkylation sites (N-methyl/N-ethyl adjacent to an activating group) is 1. The first-order chi connectivity index (χ1) is 7.86. The molecule has 1 aliphatic carbocycles. The molecule has 16 heavy (non-hydrogen) atoms. The summed E-state index contributed by atoms with van der Waals surface area (Å²) in [7, 11) is 2.22. The van der Waals surface area contributed by atoms with Gasteiger partial charge in [-0.15, -0.1) is 0 Å². The normalized spacial score (nSPS) is 20.2. The Morgan fingerprint density at radius 3 is 2.88 bits per heavy atom. The SMILES string of the molecule is CN(CCc1ccncc1)[C@H]1C=CCCC1. The largest absolute Gasteiger partial charge is 0.300 e. The molecule has 0 aromatic carbocycles. The first kappa shape index (κ1) is 11.3. The summed E-state index contributed by atoms with van der Waals surface area (Å²) in [6.45, 7) is 1.12. The van der Waals surface area contributed by atoms with Crippen LogP contribution in [0.4, 0.5) is 0 Å². The Hall–Kier alpha value is -1.15. The molecule has 2 nitrogen and oxygen atoms in total. The Kier molecular flexibility index (Phi) is 4.11. The van der Waals surface area contributed by atoms with Crippen molar-refractivity contribution in [3.05, 3.63) is 42.2 Å². The Balaban J connectivity index is 1.81. The van der Waals surface area contributed by atoms with Crippen molar-refractivity contribution in [3.8, 4) is 0 Å². The highest BCUT2D eigenvalue weighted by Gasteiger charge is 2.13. The molecule has 0 saturated heterocycles. The van der Waals surface area contributed by atoms with E-state index in [1.54, 1.807) is 0 Å². The summed E-state index contributed by atoms with van der Waals surface area (Å²) in [4.78, 5) is 6.49. The van der Waals surface area contributed by atoms with E-state index >= 15 is 0 Å². The lowest BCUT2D eigenvalue weighted by Crippen LogP contribution is -2.32. The first-order valence-electron chi connectivity index (χ1n) is 6.12. The Morgan fingerprint density at radius 1 is 1.38 bits per heavy atom. The third-order valence-electron chi connectivity index (χ3n) is 3.30. The van der Waals surface area contributed by atoms with Crippen LogP contribution in [0.5, 0.6) is 0 Å². The predicted molar refractivity (Wildman–Crippen MR) is 67.4 cm³/mol. The maximum Gasteiger partial charge on any atom is 0.0275 e. The van der Waals surface area contributed by atoms with Crippen LogP contribution in [0.2, 0.25) is 0 Å². The minimum atomic E-state index is 0.649. The van der Waals surface area contributed by atoms with Crippen LogP contribution in [0.1, 0.15) is 24.8 Å². The molecule has 0 spiro atoms. The standard InChI is InChI=1S/C14H20N2/c1-16(14-5-3-2-4-6-14)12-9-13-7-10-15-11-8-13/h3,5,7-8,10-11,14H,2,4,6,9,12H2,1H3/t14-/m0/s1. The predicted octanol–water partition coefficient (Wildman–Crippen LogP) is 2.66. The van der Waals surface area contributed by atoms with E-state index in [1.807, 2.05) is 12.4 Å². The van der Waals surface area contributed by atoms with Gasteiger partial charge in [0.05, 0.1) is 0 Å². The molecular formula is C14H20N2. The summed E-state index contributed by atoms with van der Waals surface area (Å²) >= 11 is 0. The molecule has 2 rings (SSSR count). The molecule has 86 valence electrons. The van der Waals surface area contributed by atoms with Crippen molar-refractivity contribution in [2.75, 3.05) is 13.6 Å². The van der Waals surface area contributed by atoms with E-state index in [-0.39, 0.29) is 0 Å². The van der Waals surface area contributed by atoms with Crippen LogP contribution in [-0.4, -0.2) is 29.5 Å². The van der Waals surface area contributed by atoms with Gasteiger partial charge in [-0.05, 0) is 50.4 Å². The third-order valence-corrected chi connectivity index (χ3v) is 3.30. The molecule has 1 aromatic heterocycles. The summed E-state index contributed by atoms with van der Waals surface area (Å²) in [6.07, 6.45) is 13.4. The molecule has 2 heteroatoms. The van der Waals surface area contributed by atoms with Gasteiger partial charge >= 0.3 is 0 Å². The van der Waals surface area contributed by atoms with Gasteiger partial charge in [0.15, 0.2) is 0 Å². The minimum absolute atomic E-state index is 0.649. The molecule has 1 atom stereocenters. The van der Waals surface area contributed by atoms with E-state index in [1.165, 1.54) is 24.8 Å². The van der Waals surface area contributed by atoms with Crippen LogP contribution in [-0.2, 0) is 6.42 Å². The molecule has 0 amide bonds. The van der Waals surface area contributed by atoms with Gasteiger partial charge in [0, 0.05) is 25.0 Å². The Morgan fingerprint density at radius 2 is 2.19 bits per heavy atom. The molecule has 0 fully saturated rings. The van der Waals surface area contributed by atoms with Gasteiger partial charge in [-0.3, -0.25) is 9.88 Å². The number of hydrogen-bond acceptors (Lipinski definition) is 2. The van der Waals surface area contributed by atoms with Gasteiger partial charge in [-0.1, -0.05) is 12.2 Å². The maximum atomic E-state index is 4.04. The fraction of sp³-hybridized carbons (Fsp3) is 0.500. The van der Waals surface area contributed by atoms with E-state index in [9.17, 15) is 0 Å². The fourth-order valence-electron chi connectivity index (χ4n) is 2.18. The lowest BCUT2D eigenvalue weighted by molar-refractivity contribution is 0.265. The van der Waals surface area contributed by atoms with Crippen molar-refractivity contribution in [2.24, 2.45) is 0 Å². The first-order valence-corrected chi connectivity index (χ1v) is 6.12. The monoisotopic (exact) mass is 216 g/mol. The lowest BCUT2D eigenvalue weighted by atomic mass is 10.0. The van der Waals surface area contributed by atoms with Gasteiger partial charge in [0.2, 0.25) is 0 Å². The third kappa shape index (κ3) is 3.17. The molecule has 1 aliphatic rings. The number of pyridine rings is 1. The Labute approximate surface area is 98.0 Å². The fourth-order valence-corrected chi connectivity index (χ4v) is 2.18. The van der Waals surface area contributed by atoms with E-state index in [0.29, 0.717) is 6.04 Å². The van der Waals surface area contributed by atoms with E-state index in [2.05, 4.69) is 41.2 Å². The van der Waals surface area contributed by atoms with Crippen molar-refractivity contribution in [2.45, 2.75) is 31.7 Å². The zero-order valence-corrected chi connectivity index (χ0v) is 9.97.